The van der Waals surface area contributed by atoms with E-state index in [-0.39, 0.29) is 5.69 Å². The molecule has 2 N–H and O–H groups in total. The maximum absolute atomic E-state index is 11.5. The first kappa shape index (κ1) is 15.1. The number of nitrogens with zero attached hydrogens (tertiary/aromatic N) is 3. The molecule has 4 rings (SSSR count). The van der Waals surface area contributed by atoms with Crippen LogP contribution in [0.1, 0.15) is 47.4 Å². The van der Waals surface area contributed by atoms with E-state index in [4.69, 9.17) is 5.21 Å². The molecule has 2 fully saturated rings. The fraction of sp³-hybridized carbons (Fsp3) is 0.647. The highest BCUT2D eigenvalue weighted by Crippen LogP contribution is 2.37. The molecule has 2 unspecified atom stereocenters. The van der Waals surface area contributed by atoms with Crippen molar-refractivity contribution in [3.63, 3.8) is 0 Å². The van der Waals surface area contributed by atoms with E-state index in [1.165, 1.54) is 31.2 Å². The van der Waals surface area contributed by atoms with Crippen LogP contribution in [0.3, 0.4) is 0 Å². The van der Waals surface area contributed by atoms with Crippen LogP contribution in [0, 0.1) is 0 Å². The number of fused-ring (bicyclic) bond motifs is 3. The molecule has 2 saturated heterocycles. The van der Waals surface area contributed by atoms with Gasteiger partial charge in [0.2, 0.25) is 0 Å². The van der Waals surface area contributed by atoms with Crippen molar-refractivity contribution in [3.05, 3.63) is 29.1 Å². The maximum Gasteiger partial charge on any atom is 0.293 e. The van der Waals surface area contributed by atoms with Crippen LogP contribution in [0.5, 0.6) is 0 Å². The molecule has 2 atom stereocenters. The first-order chi connectivity index (χ1) is 11.2. The van der Waals surface area contributed by atoms with Crippen LogP contribution in [-0.2, 0) is 13.0 Å². The molecule has 6 nitrogen and oxygen atoms in total. The van der Waals surface area contributed by atoms with Gasteiger partial charge in [0.05, 0.1) is 0 Å². The number of carbonyl (C=O) groups excluding carboxylic acids is 1. The standard InChI is InChI=1S/C17H24N4O2/c1-20-12-3-4-13(20)9-14(8-12)21-7-6-15-11(10-21)2-5-16(18-15)17(22)19-23/h2,5,12-14,23H,3-4,6-10H2,1H3,(H,19,22). The lowest BCUT2D eigenvalue weighted by molar-refractivity contribution is 0.0664. The Morgan fingerprint density at radius 2 is 2.00 bits per heavy atom. The molecular formula is C17H24N4O2. The monoisotopic (exact) mass is 316 g/mol. The topological polar surface area (TPSA) is 68.7 Å². The Morgan fingerprint density at radius 3 is 2.70 bits per heavy atom. The summed E-state index contributed by atoms with van der Waals surface area (Å²) in [5.41, 5.74) is 4.16. The lowest BCUT2D eigenvalue weighted by atomic mass is 9.94. The van der Waals surface area contributed by atoms with E-state index in [2.05, 4.69) is 21.8 Å². The average molecular weight is 316 g/mol. The minimum Gasteiger partial charge on any atom is -0.300 e. The number of nitrogens with one attached hydrogen (secondary N) is 1. The first-order valence-corrected chi connectivity index (χ1v) is 8.55. The molecule has 0 spiro atoms. The van der Waals surface area contributed by atoms with Crippen LogP contribution in [-0.4, -0.2) is 57.6 Å². The van der Waals surface area contributed by atoms with Crippen molar-refractivity contribution in [1.29, 1.82) is 0 Å². The molecule has 23 heavy (non-hydrogen) atoms. The summed E-state index contributed by atoms with van der Waals surface area (Å²) in [5, 5.41) is 8.73. The number of pyridine rings is 1. The second kappa shape index (κ2) is 5.85. The van der Waals surface area contributed by atoms with Gasteiger partial charge in [-0.05, 0) is 44.4 Å². The quantitative estimate of drug-likeness (QED) is 0.633. The fourth-order valence-electron chi connectivity index (χ4n) is 4.61. The fourth-order valence-corrected chi connectivity index (χ4v) is 4.61. The molecule has 3 aliphatic heterocycles. The molecule has 2 bridgehead atoms. The van der Waals surface area contributed by atoms with Gasteiger partial charge in [0, 0.05) is 43.3 Å². The predicted molar refractivity (Wildman–Crippen MR) is 85.2 cm³/mol. The minimum atomic E-state index is -0.540. The highest BCUT2D eigenvalue weighted by atomic mass is 16.5. The molecule has 1 aromatic rings. The van der Waals surface area contributed by atoms with E-state index in [1.807, 2.05) is 6.07 Å². The molecule has 0 saturated carbocycles. The molecule has 4 heterocycles. The Labute approximate surface area is 136 Å². The Hall–Kier alpha value is -1.50. The average Bonchev–Trinajstić information content (AvgIpc) is 2.80. The van der Waals surface area contributed by atoms with E-state index in [9.17, 15) is 4.79 Å². The van der Waals surface area contributed by atoms with E-state index in [1.54, 1.807) is 11.5 Å². The molecule has 0 aromatic carbocycles. The summed E-state index contributed by atoms with van der Waals surface area (Å²) in [4.78, 5) is 21.1. The summed E-state index contributed by atoms with van der Waals surface area (Å²) < 4.78 is 0. The summed E-state index contributed by atoms with van der Waals surface area (Å²) in [6.07, 6.45) is 6.14. The lowest BCUT2D eigenvalue weighted by Gasteiger charge is -2.43. The minimum absolute atomic E-state index is 0.289. The number of hydrogen-bond acceptors (Lipinski definition) is 5. The number of hydroxylamine groups is 1. The highest BCUT2D eigenvalue weighted by Gasteiger charge is 2.40. The van der Waals surface area contributed by atoms with E-state index in [0.29, 0.717) is 6.04 Å². The number of carbonyl (C=O) groups is 1. The summed E-state index contributed by atoms with van der Waals surface area (Å²) in [5.74, 6) is -0.540. The van der Waals surface area contributed by atoms with Crippen molar-refractivity contribution < 1.29 is 10.0 Å². The third-order valence-electron chi connectivity index (χ3n) is 6.00. The van der Waals surface area contributed by atoms with Gasteiger partial charge in [-0.25, -0.2) is 10.5 Å². The van der Waals surface area contributed by atoms with Crippen molar-refractivity contribution in [3.8, 4) is 0 Å². The number of amides is 1. The number of rotatable bonds is 2. The zero-order chi connectivity index (χ0) is 16.0. The van der Waals surface area contributed by atoms with Crippen LogP contribution in [0.4, 0.5) is 0 Å². The zero-order valence-corrected chi connectivity index (χ0v) is 13.5. The van der Waals surface area contributed by atoms with Crippen LogP contribution in [0.25, 0.3) is 0 Å². The van der Waals surface area contributed by atoms with Crippen LogP contribution >= 0.6 is 0 Å². The molecule has 0 radical (unpaired) electrons. The summed E-state index contributed by atoms with van der Waals surface area (Å²) in [6, 6.07) is 5.88. The van der Waals surface area contributed by atoms with Crippen molar-refractivity contribution in [2.75, 3.05) is 13.6 Å². The lowest BCUT2D eigenvalue weighted by Crippen LogP contribution is -2.50. The number of piperidine rings is 1. The van der Waals surface area contributed by atoms with Gasteiger partial charge in [0.1, 0.15) is 5.69 Å². The molecule has 1 aromatic heterocycles. The third kappa shape index (κ3) is 2.65. The predicted octanol–water partition coefficient (Wildman–Crippen LogP) is 1.18. The second-order valence-corrected chi connectivity index (χ2v) is 7.14. The van der Waals surface area contributed by atoms with Gasteiger partial charge in [-0.15, -0.1) is 0 Å². The van der Waals surface area contributed by atoms with Gasteiger partial charge >= 0.3 is 0 Å². The van der Waals surface area contributed by atoms with Crippen molar-refractivity contribution in [2.45, 2.75) is 56.8 Å². The van der Waals surface area contributed by atoms with Crippen molar-refractivity contribution >= 4 is 5.91 Å². The van der Waals surface area contributed by atoms with Gasteiger partial charge in [-0.2, -0.15) is 0 Å². The highest BCUT2D eigenvalue weighted by molar-refractivity contribution is 5.91. The van der Waals surface area contributed by atoms with Gasteiger partial charge in [0.15, 0.2) is 0 Å². The Balaban J connectivity index is 1.48. The van der Waals surface area contributed by atoms with Gasteiger partial charge in [0.25, 0.3) is 5.91 Å². The van der Waals surface area contributed by atoms with Crippen molar-refractivity contribution in [2.24, 2.45) is 0 Å². The van der Waals surface area contributed by atoms with Gasteiger partial charge in [-0.1, -0.05) is 6.07 Å². The molecular weight excluding hydrogens is 292 g/mol. The summed E-state index contributed by atoms with van der Waals surface area (Å²) in [6.45, 7) is 1.94. The van der Waals surface area contributed by atoms with Crippen LogP contribution in [0.15, 0.2) is 12.1 Å². The second-order valence-electron chi connectivity index (χ2n) is 7.14. The maximum atomic E-state index is 11.5. The molecule has 6 heteroatoms. The molecule has 0 aliphatic carbocycles. The summed E-state index contributed by atoms with van der Waals surface area (Å²) >= 11 is 0. The zero-order valence-electron chi connectivity index (χ0n) is 13.5. The van der Waals surface area contributed by atoms with Crippen molar-refractivity contribution in [1.82, 2.24) is 20.3 Å². The third-order valence-corrected chi connectivity index (χ3v) is 6.00. The Bertz CT molecular complexity index is 607. The normalized spacial score (nSPS) is 31.0. The number of hydrogen-bond donors (Lipinski definition) is 2. The largest absolute Gasteiger partial charge is 0.300 e. The first-order valence-electron chi connectivity index (χ1n) is 8.55. The van der Waals surface area contributed by atoms with Crippen LogP contribution < -0.4 is 5.48 Å². The molecule has 1 amide bonds. The van der Waals surface area contributed by atoms with Gasteiger partial charge < -0.3 is 4.90 Å². The smallest absolute Gasteiger partial charge is 0.293 e. The molecule has 124 valence electrons. The number of aromatic nitrogens is 1. The summed E-state index contributed by atoms with van der Waals surface area (Å²) in [7, 11) is 2.28. The Morgan fingerprint density at radius 1 is 1.26 bits per heavy atom. The van der Waals surface area contributed by atoms with Gasteiger partial charge in [-0.3, -0.25) is 14.9 Å². The molecule has 3 aliphatic rings. The Kier molecular flexibility index (Phi) is 3.83. The SMILES string of the molecule is CN1C2CCC1CC(N1CCc3nc(C(=O)NO)ccc3C1)C2. The van der Waals surface area contributed by atoms with E-state index in [0.717, 1.165) is 37.3 Å². The van der Waals surface area contributed by atoms with E-state index < -0.39 is 5.91 Å². The van der Waals surface area contributed by atoms with E-state index >= 15 is 0 Å². The van der Waals surface area contributed by atoms with Crippen LogP contribution in [0.2, 0.25) is 0 Å².